The highest BCUT2D eigenvalue weighted by molar-refractivity contribution is 4.76. The average molecular weight is 201 g/mol. The fourth-order valence-electron chi connectivity index (χ4n) is 1.87. The molecule has 0 amide bonds. The van der Waals surface area contributed by atoms with Crippen LogP contribution < -0.4 is 5.73 Å². The molecule has 0 aromatic rings. The zero-order chi connectivity index (χ0) is 10.4. The minimum atomic E-state index is 0.305. The van der Waals surface area contributed by atoms with Gasteiger partial charge in [-0.05, 0) is 13.3 Å². The molecule has 0 bridgehead atoms. The van der Waals surface area contributed by atoms with Crippen LogP contribution in [-0.2, 0) is 0 Å². The van der Waals surface area contributed by atoms with Gasteiger partial charge in [-0.15, -0.1) is 0 Å². The van der Waals surface area contributed by atoms with Gasteiger partial charge in [0, 0.05) is 51.9 Å². The number of aliphatic hydroxyl groups is 1. The van der Waals surface area contributed by atoms with Crippen LogP contribution in [0.25, 0.3) is 0 Å². The average Bonchev–Trinajstić information content (AvgIpc) is 2.26. The van der Waals surface area contributed by atoms with Gasteiger partial charge in [0.1, 0.15) is 0 Å². The van der Waals surface area contributed by atoms with Crippen molar-refractivity contribution in [3.8, 4) is 0 Å². The van der Waals surface area contributed by atoms with Crippen molar-refractivity contribution in [2.45, 2.75) is 19.4 Å². The van der Waals surface area contributed by atoms with Gasteiger partial charge in [-0.1, -0.05) is 0 Å². The minimum absolute atomic E-state index is 0.305. The second-order valence-electron chi connectivity index (χ2n) is 4.04. The van der Waals surface area contributed by atoms with Crippen LogP contribution in [-0.4, -0.2) is 66.8 Å². The second-order valence-corrected chi connectivity index (χ2v) is 4.04. The summed E-state index contributed by atoms with van der Waals surface area (Å²) < 4.78 is 0. The summed E-state index contributed by atoms with van der Waals surface area (Å²) in [5, 5.41) is 8.72. The van der Waals surface area contributed by atoms with Crippen molar-refractivity contribution in [2.75, 3.05) is 45.9 Å². The Bertz CT molecular complexity index is 146. The quantitative estimate of drug-likeness (QED) is 0.620. The van der Waals surface area contributed by atoms with Crippen LogP contribution in [0.3, 0.4) is 0 Å². The van der Waals surface area contributed by atoms with E-state index in [-0.39, 0.29) is 0 Å². The third kappa shape index (κ3) is 3.53. The zero-order valence-corrected chi connectivity index (χ0v) is 9.15. The molecule has 0 aliphatic carbocycles. The summed E-state index contributed by atoms with van der Waals surface area (Å²) in [4.78, 5) is 4.85. The van der Waals surface area contributed by atoms with Crippen molar-refractivity contribution in [3.05, 3.63) is 0 Å². The van der Waals surface area contributed by atoms with Crippen molar-refractivity contribution in [1.82, 2.24) is 9.80 Å². The van der Waals surface area contributed by atoms with Crippen molar-refractivity contribution in [1.29, 1.82) is 0 Å². The van der Waals surface area contributed by atoms with Gasteiger partial charge < -0.3 is 15.7 Å². The maximum atomic E-state index is 8.72. The largest absolute Gasteiger partial charge is 0.396 e. The predicted molar refractivity (Wildman–Crippen MR) is 58.2 cm³/mol. The lowest BCUT2D eigenvalue weighted by Gasteiger charge is -2.37. The Morgan fingerprint density at radius 3 is 2.43 bits per heavy atom. The van der Waals surface area contributed by atoms with E-state index in [2.05, 4.69) is 16.7 Å². The lowest BCUT2D eigenvalue weighted by Crippen LogP contribution is -2.51. The van der Waals surface area contributed by atoms with Crippen LogP contribution in [0.15, 0.2) is 0 Å². The van der Waals surface area contributed by atoms with E-state index in [1.165, 1.54) is 0 Å². The molecule has 1 saturated heterocycles. The molecule has 3 N–H and O–H groups in total. The molecule has 0 saturated carbocycles. The summed E-state index contributed by atoms with van der Waals surface area (Å²) in [6.45, 7) is 8.73. The fraction of sp³-hybridized carbons (Fsp3) is 1.00. The smallest absolute Gasteiger partial charge is 0.0443 e. The first-order valence-electron chi connectivity index (χ1n) is 5.55. The molecule has 1 unspecified atom stereocenters. The first-order chi connectivity index (χ1) is 6.77. The summed E-state index contributed by atoms with van der Waals surface area (Å²) >= 11 is 0. The number of hydrogen-bond donors (Lipinski definition) is 2. The molecule has 4 heteroatoms. The van der Waals surface area contributed by atoms with E-state index < -0.39 is 0 Å². The van der Waals surface area contributed by atoms with Gasteiger partial charge in [-0.2, -0.15) is 0 Å². The van der Waals surface area contributed by atoms with Gasteiger partial charge in [0.05, 0.1) is 0 Å². The summed E-state index contributed by atoms with van der Waals surface area (Å²) in [5.41, 5.74) is 5.63. The zero-order valence-electron chi connectivity index (χ0n) is 9.15. The highest BCUT2D eigenvalue weighted by Gasteiger charge is 2.19. The molecule has 1 fully saturated rings. The molecule has 4 nitrogen and oxygen atoms in total. The maximum Gasteiger partial charge on any atom is 0.0443 e. The van der Waals surface area contributed by atoms with E-state index in [0.717, 1.165) is 45.7 Å². The molecule has 0 aromatic heterocycles. The third-order valence-corrected chi connectivity index (χ3v) is 3.00. The van der Waals surface area contributed by atoms with E-state index in [1.54, 1.807) is 0 Å². The summed E-state index contributed by atoms with van der Waals surface area (Å²) in [5.74, 6) is 0. The number of nitrogens with zero attached hydrogens (tertiary/aromatic N) is 2. The van der Waals surface area contributed by atoms with Crippen molar-refractivity contribution < 1.29 is 5.11 Å². The molecule has 1 atom stereocenters. The first kappa shape index (κ1) is 11.9. The summed E-state index contributed by atoms with van der Waals surface area (Å²) in [7, 11) is 0. The van der Waals surface area contributed by atoms with Gasteiger partial charge in [0.15, 0.2) is 0 Å². The van der Waals surface area contributed by atoms with Crippen LogP contribution in [0.5, 0.6) is 0 Å². The highest BCUT2D eigenvalue weighted by atomic mass is 16.3. The fourth-order valence-corrected chi connectivity index (χ4v) is 1.87. The van der Waals surface area contributed by atoms with E-state index in [9.17, 15) is 0 Å². The van der Waals surface area contributed by atoms with Gasteiger partial charge >= 0.3 is 0 Å². The number of nitrogens with two attached hydrogens (primary N) is 1. The van der Waals surface area contributed by atoms with Crippen LogP contribution in [0.1, 0.15) is 13.3 Å². The molecule has 1 aliphatic heterocycles. The number of hydrogen-bond acceptors (Lipinski definition) is 4. The number of aliphatic hydroxyl groups excluding tert-OH is 1. The third-order valence-electron chi connectivity index (χ3n) is 3.00. The van der Waals surface area contributed by atoms with E-state index in [1.807, 2.05) is 0 Å². The van der Waals surface area contributed by atoms with Crippen molar-refractivity contribution in [3.63, 3.8) is 0 Å². The Hall–Kier alpha value is -0.160. The molecule has 14 heavy (non-hydrogen) atoms. The minimum Gasteiger partial charge on any atom is -0.396 e. The molecule has 1 heterocycles. The molecule has 0 aromatic carbocycles. The predicted octanol–water partition coefficient (Wildman–Crippen LogP) is -0.666. The van der Waals surface area contributed by atoms with Gasteiger partial charge in [-0.3, -0.25) is 4.90 Å². The van der Waals surface area contributed by atoms with Gasteiger partial charge in [0.25, 0.3) is 0 Å². The summed E-state index contributed by atoms with van der Waals surface area (Å²) in [6, 6.07) is 0.509. The monoisotopic (exact) mass is 201 g/mol. The van der Waals surface area contributed by atoms with Crippen LogP contribution in [0.4, 0.5) is 0 Å². The lowest BCUT2D eigenvalue weighted by atomic mass is 10.2. The first-order valence-corrected chi connectivity index (χ1v) is 5.55. The Morgan fingerprint density at radius 2 is 1.93 bits per heavy atom. The maximum absolute atomic E-state index is 8.72. The molecule has 0 spiro atoms. The van der Waals surface area contributed by atoms with E-state index in [4.69, 9.17) is 10.8 Å². The second kappa shape index (κ2) is 6.35. The van der Waals surface area contributed by atoms with Gasteiger partial charge in [-0.25, -0.2) is 0 Å². The molecule has 84 valence electrons. The lowest BCUT2D eigenvalue weighted by molar-refractivity contribution is 0.0997. The van der Waals surface area contributed by atoms with Crippen molar-refractivity contribution in [2.24, 2.45) is 5.73 Å². The Morgan fingerprint density at radius 1 is 1.29 bits per heavy atom. The molecular formula is C10H23N3O. The standard InChI is InChI=1S/C10H23N3O/c1-10(9-11)13-6-4-12(5-7-13)3-2-8-14/h10,14H,2-9,11H2,1H3. The molecule has 1 aliphatic rings. The van der Waals surface area contributed by atoms with Crippen LogP contribution in [0, 0.1) is 0 Å². The number of piperazine rings is 1. The molecule has 1 rings (SSSR count). The van der Waals surface area contributed by atoms with Gasteiger partial charge in [0.2, 0.25) is 0 Å². The van der Waals surface area contributed by atoms with E-state index in [0.29, 0.717) is 12.6 Å². The van der Waals surface area contributed by atoms with Crippen molar-refractivity contribution >= 4 is 0 Å². The Kier molecular flexibility index (Phi) is 5.40. The topological polar surface area (TPSA) is 52.7 Å². The Labute approximate surface area is 86.7 Å². The van der Waals surface area contributed by atoms with E-state index >= 15 is 0 Å². The van der Waals surface area contributed by atoms with Crippen LogP contribution >= 0.6 is 0 Å². The van der Waals surface area contributed by atoms with Crippen LogP contribution in [0.2, 0.25) is 0 Å². The molecule has 0 radical (unpaired) electrons. The Balaban J connectivity index is 2.17. The number of rotatable bonds is 5. The normalized spacial score (nSPS) is 22.5. The molecular weight excluding hydrogens is 178 g/mol. The SMILES string of the molecule is CC(CN)N1CCN(CCCO)CC1. The summed E-state index contributed by atoms with van der Waals surface area (Å²) in [6.07, 6.45) is 0.895. The highest BCUT2D eigenvalue weighted by Crippen LogP contribution is 2.05.